The van der Waals surface area contributed by atoms with Crippen molar-refractivity contribution < 1.29 is 19.2 Å². The van der Waals surface area contributed by atoms with Crippen LogP contribution in [-0.4, -0.2) is 17.2 Å². The van der Waals surface area contributed by atoms with Gasteiger partial charge in [-0.15, -0.1) is 0 Å². The van der Waals surface area contributed by atoms with Crippen LogP contribution in [0.2, 0.25) is 0 Å². The standard InChI is InChI=1S/C12H11NO5/c1-9(15)18-7-3-6-10-4-2-5-11(8-14)12(10)13(16)17/h2-5,7-8H,6H2,1H3. The molecule has 0 bridgehead atoms. The lowest BCUT2D eigenvalue weighted by atomic mass is 10.1. The molecule has 0 aromatic heterocycles. The second kappa shape index (κ2) is 6.29. The number of carbonyl (C=O) groups excluding carboxylic acids is 2. The molecule has 0 saturated heterocycles. The maximum absolute atomic E-state index is 10.9. The van der Waals surface area contributed by atoms with E-state index in [-0.39, 0.29) is 17.7 Å². The van der Waals surface area contributed by atoms with Gasteiger partial charge in [-0.05, 0) is 12.1 Å². The van der Waals surface area contributed by atoms with Crippen molar-refractivity contribution >= 4 is 17.9 Å². The molecule has 0 heterocycles. The van der Waals surface area contributed by atoms with Crippen LogP contribution >= 0.6 is 0 Å². The smallest absolute Gasteiger partial charge is 0.307 e. The number of nitrogens with zero attached hydrogens (tertiary/aromatic N) is 1. The second-order valence-corrected chi connectivity index (χ2v) is 3.42. The van der Waals surface area contributed by atoms with Crippen LogP contribution in [0.15, 0.2) is 30.5 Å². The summed E-state index contributed by atoms with van der Waals surface area (Å²) in [6.07, 6.45) is 3.28. The van der Waals surface area contributed by atoms with E-state index in [0.29, 0.717) is 11.8 Å². The predicted octanol–water partition coefficient (Wildman–Crippen LogP) is 2.03. The van der Waals surface area contributed by atoms with Crippen molar-refractivity contribution in [3.63, 3.8) is 0 Å². The van der Waals surface area contributed by atoms with Gasteiger partial charge in [0.05, 0.1) is 16.7 Å². The Labute approximate surface area is 103 Å². The van der Waals surface area contributed by atoms with E-state index in [4.69, 9.17) is 0 Å². The molecule has 6 heteroatoms. The van der Waals surface area contributed by atoms with Crippen molar-refractivity contribution in [1.29, 1.82) is 0 Å². The van der Waals surface area contributed by atoms with Crippen LogP contribution < -0.4 is 0 Å². The van der Waals surface area contributed by atoms with Crippen LogP contribution in [0.25, 0.3) is 0 Å². The first kappa shape index (κ1) is 13.6. The normalized spacial score (nSPS) is 10.3. The molecule has 1 rings (SSSR count). The van der Waals surface area contributed by atoms with Crippen molar-refractivity contribution in [2.75, 3.05) is 0 Å². The molecule has 18 heavy (non-hydrogen) atoms. The molecule has 0 radical (unpaired) electrons. The summed E-state index contributed by atoms with van der Waals surface area (Å²) in [6, 6.07) is 4.49. The van der Waals surface area contributed by atoms with Crippen molar-refractivity contribution in [1.82, 2.24) is 0 Å². The molecular weight excluding hydrogens is 238 g/mol. The highest BCUT2D eigenvalue weighted by Crippen LogP contribution is 2.23. The number of aldehydes is 1. The van der Waals surface area contributed by atoms with E-state index in [1.165, 1.54) is 25.3 Å². The second-order valence-electron chi connectivity index (χ2n) is 3.42. The lowest BCUT2D eigenvalue weighted by molar-refractivity contribution is -0.385. The van der Waals surface area contributed by atoms with Gasteiger partial charge in [-0.25, -0.2) is 0 Å². The SMILES string of the molecule is CC(=O)OC=CCc1cccc(C=O)c1[N+](=O)[O-]. The quantitative estimate of drug-likeness (QED) is 0.262. The monoisotopic (exact) mass is 249 g/mol. The molecule has 0 unspecified atom stereocenters. The van der Waals surface area contributed by atoms with Crippen LogP contribution in [0.3, 0.4) is 0 Å². The summed E-state index contributed by atoms with van der Waals surface area (Å²) < 4.78 is 4.56. The van der Waals surface area contributed by atoms with Gasteiger partial charge in [0.15, 0.2) is 6.29 Å². The number of rotatable bonds is 5. The average Bonchev–Trinajstić information content (AvgIpc) is 2.33. The van der Waals surface area contributed by atoms with Gasteiger partial charge in [0, 0.05) is 18.9 Å². The molecule has 1 aromatic carbocycles. The largest absolute Gasteiger partial charge is 0.435 e. The highest BCUT2D eigenvalue weighted by atomic mass is 16.6. The molecule has 0 fully saturated rings. The Kier molecular flexibility index (Phi) is 4.74. The Morgan fingerprint density at radius 1 is 1.50 bits per heavy atom. The number of para-hydroxylation sites is 1. The third-order valence-corrected chi connectivity index (χ3v) is 2.13. The predicted molar refractivity (Wildman–Crippen MR) is 63.1 cm³/mol. The van der Waals surface area contributed by atoms with Gasteiger partial charge in [-0.2, -0.15) is 0 Å². The topological polar surface area (TPSA) is 86.5 Å². The summed E-state index contributed by atoms with van der Waals surface area (Å²) in [5.41, 5.74) is 0.186. The summed E-state index contributed by atoms with van der Waals surface area (Å²) in [6.45, 7) is 1.25. The molecule has 0 aliphatic heterocycles. The fourth-order valence-electron chi connectivity index (χ4n) is 1.41. The van der Waals surface area contributed by atoms with E-state index in [1.54, 1.807) is 12.1 Å². The average molecular weight is 249 g/mol. The van der Waals surface area contributed by atoms with Crippen molar-refractivity contribution in [2.45, 2.75) is 13.3 Å². The van der Waals surface area contributed by atoms with Gasteiger partial charge >= 0.3 is 5.97 Å². The number of allylic oxidation sites excluding steroid dienone is 1. The minimum Gasteiger partial charge on any atom is -0.435 e. The Morgan fingerprint density at radius 2 is 2.22 bits per heavy atom. The number of nitro benzene ring substituents is 1. The van der Waals surface area contributed by atoms with Crippen LogP contribution in [0.5, 0.6) is 0 Å². The molecule has 0 atom stereocenters. The number of nitro groups is 1. The minimum atomic E-state index is -0.598. The number of hydrogen-bond donors (Lipinski definition) is 0. The zero-order chi connectivity index (χ0) is 13.5. The number of hydrogen-bond acceptors (Lipinski definition) is 5. The third kappa shape index (κ3) is 3.51. The van der Waals surface area contributed by atoms with Crippen LogP contribution in [-0.2, 0) is 16.0 Å². The van der Waals surface area contributed by atoms with Gasteiger partial charge in [0.1, 0.15) is 0 Å². The van der Waals surface area contributed by atoms with Crippen molar-refractivity contribution in [3.05, 3.63) is 51.8 Å². The Balaban J connectivity index is 2.95. The van der Waals surface area contributed by atoms with E-state index in [1.807, 2.05) is 0 Å². The highest BCUT2D eigenvalue weighted by Gasteiger charge is 2.17. The van der Waals surface area contributed by atoms with Crippen molar-refractivity contribution in [3.8, 4) is 0 Å². The van der Waals surface area contributed by atoms with E-state index in [2.05, 4.69) is 4.74 Å². The van der Waals surface area contributed by atoms with E-state index < -0.39 is 10.9 Å². The summed E-state index contributed by atoms with van der Waals surface area (Å²) >= 11 is 0. The third-order valence-electron chi connectivity index (χ3n) is 2.13. The molecule has 94 valence electrons. The summed E-state index contributed by atoms with van der Waals surface area (Å²) in [5.74, 6) is -0.470. The molecule has 1 aromatic rings. The molecule has 0 amide bonds. The first-order valence-corrected chi connectivity index (χ1v) is 5.10. The zero-order valence-corrected chi connectivity index (χ0v) is 9.66. The minimum absolute atomic E-state index is 0.0263. The zero-order valence-electron chi connectivity index (χ0n) is 9.66. The number of carbonyl (C=O) groups is 2. The van der Waals surface area contributed by atoms with Crippen LogP contribution in [0.1, 0.15) is 22.8 Å². The van der Waals surface area contributed by atoms with E-state index in [0.717, 1.165) is 0 Å². The summed E-state index contributed by atoms with van der Waals surface area (Å²) in [4.78, 5) is 31.5. The van der Waals surface area contributed by atoms with E-state index >= 15 is 0 Å². The van der Waals surface area contributed by atoms with Gasteiger partial charge in [-0.1, -0.05) is 12.1 Å². The molecule has 6 nitrogen and oxygen atoms in total. The van der Waals surface area contributed by atoms with Gasteiger partial charge in [-0.3, -0.25) is 19.7 Å². The molecule has 0 saturated carbocycles. The maximum atomic E-state index is 10.9. The van der Waals surface area contributed by atoms with Gasteiger partial charge in [0.2, 0.25) is 0 Å². The summed E-state index contributed by atoms with van der Waals surface area (Å²) in [7, 11) is 0. The van der Waals surface area contributed by atoms with Crippen LogP contribution in [0.4, 0.5) is 5.69 Å². The molecule has 0 N–H and O–H groups in total. The molecular formula is C12H11NO5. The Bertz CT molecular complexity index is 507. The molecule has 0 spiro atoms. The molecule has 0 aliphatic rings. The first-order valence-electron chi connectivity index (χ1n) is 5.10. The van der Waals surface area contributed by atoms with Crippen LogP contribution in [0, 0.1) is 10.1 Å². The van der Waals surface area contributed by atoms with Gasteiger partial charge in [0.25, 0.3) is 5.69 Å². The molecule has 0 aliphatic carbocycles. The summed E-state index contributed by atoms with van der Waals surface area (Å²) in [5, 5.41) is 10.9. The number of benzene rings is 1. The lowest BCUT2D eigenvalue weighted by Gasteiger charge is -2.01. The Morgan fingerprint density at radius 3 is 2.78 bits per heavy atom. The highest BCUT2D eigenvalue weighted by molar-refractivity contribution is 5.82. The Hall–Kier alpha value is -2.50. The fraction of sp³-hybridized carbons (Fsp3) is 0.167. The van der Waals surface area contributed by atoms with E-state index in [9.17, 15) is 19.7 Å². The first-order chi connectivity index (χ1) is 8.56. The van der Waals surface area contributed by atoms with Gasteiger partial charge < -0.3 is 4.74 Å². The maximum Gasteiger partial charge on any atom is 0.307 e. The number of ether oxygens (including phenoxy) is 1. The number of esters is 1. The van der Waals surface area contributed by atoms with Crippen molar-refractivity contribution in [2.24, 2.45) is 0 Å². The fourth-order valence-corrected chi connectivity index (χ4v) is 1.41. The lowest BCUT2D eigenvalue weighted by Crippen LogP contribution is -1.99.